The van der Waals surface area contributed by atoms with Crippen molar-refractivity contribution in [3.63, 3.8) is 0 Å². The lowest BCUT2D eigenvalue weighted by Crippen LogP contribution is -2.46. The van der Waals surface area contributed by atoms with Crippen LogP contribution in [-0.2, 0) is 13.6 Å². The Morgan fingerprint density at radius 2 is 2.00 bits per heavy atom. The van der Waals surface area contributed by atoms with E-state index in [0.29, 0.717) is 0 Å². The second kappa shape index (κ2) is 5.66. The van der Waals surface area contributed by atoms with Gasteiger partial charge >= 0.3 is 0 Å². The Hall–Kier alpha value is -1.99. The summed E-state index contributed by atoms with van der Waals surface area (Å²) in [4.78, 5) is 13.7. The smallest absolute Gasteiger partial charge is 0.150 e. The fourth-order valence-corrected chi connectivity index (χ4v) is 3.77. The number of fused-ring (bicyclic) bond motifs is 1. The summed E-state index contributed by atoms with van der Waals surface area (Å²) in [5.74, 6) is 1.08. The van der Waals surface area contributed by atoms with E-state index in [0.717, 1.165) is 44.1 Å². The fraction of sp³-hybridized carbons (Fsp3) is 0.400. The van der Waals surface area contributed by atoms with Crippen LogP contribution in [0.25, 0.3) is 10.2 Å². The van der Waals surface area contributed by atoms with E-state index in [1.165, 1.54) is 10.4 Å². The Labute approximate surface area is 133 Å². The average Bonchev–Trinajstić information content (AvgIpc) is 3.17. The molecule has 1 saturated heterocycles. The maximum atomic E-state index is 4.51. The summed E-state index contributed by atoms with van der Waals surface area (Å²) in [5, 5.41) is 6.32. The molecule has 0 N–H and O–H groups in total. The quantitative estimate of drug-likeness (QED) is 0.737. The van der Waals surface area contributed by atoms with Gasteiger partial charge in [0, 0.05) is 46.0 Å². The molecule has 0 spiro atoms. The molecule has 4 heterocycles. The van der Waals surface area contributed by atoms with Gasteiger partial charge in [-0.15, -0.1) is 11.3 Å². The van der Waals surface area contributed by atoms with Crippen molar-refractivity contribution >= 4 is 27.4 Å². The summed E-state index contributed by atoms with van der Waals surface area (Å²) >= 11 is 1.72. The predicted octanol–water partition coefficient (Wildman–Crippen LogP) is 1.75. The second-order valence-electron chi connectivity index (χ2n) is 5.54. The molecule has 0 aromatic carbocycles. The number of rotatable bonds is 3. The first-order chi connectivity index (χ1) is 10.8. The van der Waals surface area contributed by atoms with Crippen LogP contribution in [0.1, 0.15) is 5.69 Å². The zero-order chi connectivity index (χ0) is 14.9. The zero-order valence-electron chi connectivity index (χ0n) is 12.5. The first-order valence-corrected chi connectivity index (χ1v) is 8.31. The van der Waals surface area contributed by atoms with E-state index in [2.05, 4.69) is 42.4 Å². The Morgan fingerprint density at radius 3 is 2.77 bits per heavy atom. The van der Waals surface area contributed by atoms with Crippen molar-refractivity contribution in [1.82, 2.24) is 24.6 Å². The number of thiophene rings is 1. The van der Waals surface area contributed by atoms with Crippen LogP contribution in [-0.4, -0.2) is 50.8 Å². The minimum Gasteiger partial charge on any atom is -0.353 e. The Bertz CT molecular complexity index is 771. The standard InChI is InChI=1S/C15H18N6S/c1-19-12(2-4-18-19)10-20-5-7-21(8-6-20)15-14-13(3-9-22-14)16-11-17-15/h2-4,9,11H,5-8,10H2,1H3. The van der Waals surface area contributed by atoms with Gasteiger partial charge in [0.05, 0.1) is 15.9 Å². The van der Waals surface area contributed by atoms with E-state index in [1.807, 2.05) is 17.9 Å². The van der Waals surface area contributed by atoms with Crippen molar-refractivity contribution in [2.75, 3.05) is 31.1 Å². The first kappa shape index (κ1) is 13.7. The lowest BCUT2D eigenvalue weighted by atomic mass is 10.2. The molecular weight excluding hydrogens is 296 g/mol. The van der Waals surface area contributed by atoms with Crippen molar-refractivity contribution in [1.29, 1.82) is 0 Å². The van der Waals surface area contributed by atoms with Crippen LogP contribution in [0, 0.1) is 0 Å². The molecule has 3 aromatic rings. The monoisotopic (exact) mass is 314 g/mol. The van der Waals surface area contributed by atoms with Crippen LogP contribution in [0.3, 0.4) is 0 Å². The third-order valence-electron chi connectivity index (χ3n) is 4.20. The molecule has 0 bridgehead atoms. The van der Waals surface area contributed by atoms with Crippen LogP contribution < -0.4 is 4.90 Å². The topological polar surface area (TPSA) is 50.1 Å². The molecule has 0 amide bonds. The van der Waals surface area contributed by atoms with E-state index in [9.17, 15) is 0 Å². The number of hydrogen-bond acceptors (Lipinski definition) is 6. The summed E-state index contributed by atoms with van der Waals surface area (Å²) in [6.45, 7) is 5.05. The number of aromatic nitrogens is 4. The average molecular weight is 314 g/mol. The molecule has 6 nitrogen and oxygen atoms in total. The second-order valence-corrected chi connectivity index (χ2v) is 6.46. The van der Waals surface area contributed by atoms with Crippen molar-refractivity contribution in [2.45, 2.75) is 6.54 Å². The molecule has 0 atom stereocenters. The van der Waals surface area contributed by atoms with E-state index in [1.54, 1.807) is 17.7 Å². The van der Waals surface area contributed by atoms with E-state index >= 15 is 0 Å². The minimum atomic E-state index is 0.961. The highest BCUT2D eigenvalue weighted by molar-refractivity contribution is 7.17. The van der Waals surface area contributed by atoms with Gasteiger partial charge < -0.3 is 4.90 Å². The SMILES string of the molecule is Cn1nccc1CN1CCN(c2ncnc3ccsc23)CC1. The van der Waals surface area contributed by atoms with Gasteiger partial charge in [0.25, 0.3) is 0 Å². The van der Waals surface area contributed by atoms with Crippen LogP contribution in [0.15, 0.2) is 30.0 Å². The molecule has 1 aliphatic rings. The van der Waals surface area contributed by atoms with Crippen molar-refractivity contribution in [2.24, 2.45) is 7.05 Å². The lowest BCUT2D eigenvalue weighted by Gasteiger charge is -2.35. The number of nitrogens with zero attached hydrogens (tertiary/aromatic N) is 6. The molecular formula is C15H18N6S. The van der Waals surface area contributed by atoms with E-state index in [4.69, 9.17) is 0 Å². The van der Waals surface area contributed by atoms with Gasteiger partial charge in [-0.25, -0.2) is 9.97 Å². The summed E-state index contributed by atoms with van der Waals surface area (Å²) < 4.78 is 3.15. The van der Waals surface area contributed by atoms with E-state index < -0.39 is 0 Å². The Kier molecular flexibility index (Phi) is 3.51. The van der Waals surface area contributed by atoms with E-state index in [-0.39, 0.29) is 0 Å². The van der Waals surface area contributed by atoms with Crippen LogP contribution in [0.4, 0.5) is 5.82 Å². The molecule has 7 heteroatoms. The number of piperazine rings is 1. The highest BCUT2D eigenvalue weighted by Gasteiger charge is 2.20. The van der Waals surface area contributed by atoms with Crippen LogP contribution >= 0.6 is 11.3 Å². The summed E-state index contributed by atoms with van der Waals surface area (Å²) in [7, 11) is 2.00. The third-order valence-corrected chi connectivity index (χ3v) is 5.10. The normalized spacial score (nSPS) is 16.5. The van der Waals surface area contributed by atoms with Gasteiger partial charge in [-0.2, -0.15) is 5.10 Å². The molecule has 0 aliphatic carbocycles. The summed E-state index contributed by atoms with van der Waals surface area (Å²) in [6, 6.07) is 4.15. The maximum absolute atomic E-state index is 4.51. The number of anilines is 1. The largest absolute Gasteiger partial charge is 0.353 e. The number of aryl methyl sites for hydroxylation is 1. The van der Waals surface area contributed by atoms with Gasteiger partial charge in [0.15, 0.2) is 0 Å². The minimum absolute atomic E-state index is 0.961. The van der Waals surface area contributed by atoms with Crippen LogP contribution in [0.2, 0.25) is 0 Å². The lowest BCUT2D eigenvalue weighted by molar-refractivity contribution is 0.243. The van der Waals surface area contributed by atoms with Gasteiger partial charge in [-0.1, -0.05) is 0 Å². The third kappa shape index (κ3) is 2.46. The highest BCUT2D eigenvalue weighted by atomic mass is 32.1. The van der Waals surface area contributed by atoms with Gasteiger partial charge in [-0.05, 0) is 17.5 Å². The molecule has 1 aliphatic heterocycles. The molecule has 0 unspecified atom stereocenters. The summed E-state index contributed by atoms with van der Waals surface area (Å²) in [6.07, 6.45) is 3.53. The van der Waals surface area contributed by atoms with Crippen molar-refractivity contribution < 1.29 is 0 Å². The maximum Gasteiger partial charge on any atom is 0.150 e. The van der Waals surface area contributed by atoms with Crippen molar-refractivity contribution in [3.8, 4) is 0 Å². The molecule has 1 fully saturated rings. The Morgan fingerprint density at radius 1 is 1.14 bits per heavy atom. The first-order valence-electron chi connectivity index (χ1n) is 7.43. The zero-order valence-corrected chi connectivity index (χ0v) is 13.3. The fourth-order valence-electron chi connectivity index (χ4n) is 2.90. The predicted molar refractivity (Wildman–Crippen MR) is 88.1 cm³/mol. The van der Waals surface area contributed by atoms with Crippen LogP contribution in [0.5, 0.6) is 0 Å². The van der Waals surface area contributed by atoms with Gasteiger partial charge in [0.1, 0.15) is 12.1 Å². The Balaban J connectivity index is 1.46. The molecule has 0 radical (unpaired) electrons. The molecule has 0 saturated carbocycles. The molecule has 3 aromatic heterocycles. The number of hydrogen-bond donors (Lipinski definition) is 0. The molecule has 22 heavy (non-hydrogen) atoms. The highest BCUT2D eigenvalue weighted by Crippen LogP contribution is 2.28. The summed E-state index contributed by atoms with van der Waals surface area (Å²) in [5.41, 5.74) is 2.31. The molecule has 4 rings (SSSR count). The van der Waals surface area contributed by atoms with Gasteiger partial charge in [-0.3, -0.25) is 9.58 Å². The van der Waals surface area contributed by atoms with Crippen molar-refractivity contribution in [3.05, 3.63) is 35.7 Å². The van der Waals surface area contributed by atoms with Gasteiger partial charge in [0.2, 0.25) is 0 Å². The molecule has 114 valence electrons.